The molecule has 3 aromatic rings. The van der Waals surface area contributed by atoms with Crippen molar-refractivity contribution >= 4 is 29.6 Å². The SMILES string of the molecule is Cc1c(CN2CCC(OC(=O)c3ccccc3)CC2)[nH]c2nccc(B3OC(C)(C)C(C)(C)O3)c12. The van der Waals surface area contributed by atoms with E-state index in [-0.39, 0.29) is 12.1 Å². The predicted octanol–water partition coefficient (Wildman–Crippen LogP) is 3.99. The number of nitrogens with zero attached hydrogens (tertiary/aromatic N) is 2. The molecule has 2 aliphatic rings. The van der Waals surface area contributed by atoms with Crippen LogP contribution in [0.15, 0.2) is 42.6 Å². The number of fused-ring (bicyclic) bond motifs is 1. The van der Waals surface area contributed by atoms with E-state index in [1.165, 1.54) is 5.56 Å². The minimum atomic E-state index is -0.428. The van der Waals surface area contributed by atoms with Crippen LogP contribution in [-0.2, 0) is 20.6 Å². The van der Waals surface area contributed by atoms with E-state index in [1.54, 1.807) is 12.1 Å². The minimum Gasteiger partial charge on any atom is -0.459 e. The molecule has 2 fully saturated rings. The molecule has 0 bridgehead atoms. The van der Waals surface area contributed by atoms with E-state index in [4.69, 9.17) is 14.0 Å². The summed E-state index contributed by atoms with van der Waals surface area (Å²) in [5.74, 6) is -0.239. The lowest BCUT2D eigenvalue weighted by atomic mass is 9.77. The number of rotatable bonds is 5. The number of aromatic nitrogens is 2. The molecule has 35 heavy (non-hydrogen) atoms. The van der Waals surface area contributed by atoms with Crippen LogP contribution in [0.5, 0.6) is 0 Å². The zero-order chi connectivity index (χ0) is 24.8. The number of pyridine rings is 1. The third-order valence-electron chi connectivity index (χ3n) is 7.79. The molecule has 0 spiro atoms. The maximum Gasteiger partial charge on any atom is 0.495 e. The van der Waals surface area contributed by atoms with Gasteiger partial charge in [0.2, 0.25) is 0 Å². The molecule has 0 amide bonds. The van der Waals surface area contributed by atoms with Gasteiger partial charge >= 0.3 is 13.1 Å². The molecule has 5 rings (SSSR count). The second-order valence-corrected chi connectivity index (χ2v) is 10.7. The lowest BCUT2D eigenvalue weighted by molar-refractivity contribution is 0.00578. The maximum atomic E-state index is 12.4. The summed E-state index contributed by atoms with van der Waals surface area (Å²) < 4.78 is 18.4. The number of H-pyrrole nitrogens is 1. The van der Waals surface area contributed by atoms with Crippen LogP contribution in [0, 0.1) is 6.92 Å². The van der Waals surface area contributed by atoms with E-state index in [1.807, 2.05) is 30.5 Å². The van der Waals surface area contributed by atoms with Crippen LogP contribution in [0.3, 0.4) is 0 Å². The first-order valence-corrected chi connectivity index (χ1v) is 12.4. The van der Waals surface area contributed by atoms with Crippen molar-refractivity contribution in [3.05, 3.63) is 59.4 Å². The van der Waals surface area contributed by atoms with Gasteiger partial charge in [-0.15, -0.1) is 0 Å². The summed E-state index contributed by atoms with van der Waals surface area (Å²) in [7, 11) is -0.428. The quantitative estimate of drug-likeness (QED) is 0.444. The summed E-state index contributed by atoms with van der Waals surface area (Å²) in [5, 5.41) is 1.08. The summed E-state index contributed by atoms with van der Waals surface area (Å²) >= 11 is 0. The van der Waals surface area contributed by atoms with Crippen LogP contribution < -0.4 is 5.46 Å². The Morgan fingerprint density at radius 1 is 1.11 bits per heavy atom. The van der Waals surface area contributed by atoms with Gasteiger partial charge in [0.05, 0.1) is 16.8 Å². The predicted molar refractivity (Wildman–Crippen MR) is 137 cm³/mol. The molecule has 0 atom stereocenters. The van der Waals surface area contributed by atoms with E-state index < -0.39 is 18.3 Å². The van der Waals surface area contributed by atoms with Crippen LogP contribution in [0.1, 0.15) is 62.2 Å². The smallest absolute Gasteiger partial charge is 0.459 e. The number of carbonyl (C=O) groups excluding carboxylic acids is 1. The summed E-state index contributed by atoms with van der Waals surface area (Å²) in [6.07, 6.45) is 3.43. The Labute approximate surface area is 207 Å². The molecule has 1 aromatic carbocycles. The van der Waals surface area contributed by atoms with Crippen molar-refractivity contribution in [2.45, 2.75) is 71.3 Å². The van der Waals surface area contributed by atoms with E-state index >= 15 is 0 Å². The van der Waals surface area contributed by atoms with Gasteiger partial charge in [-0.3, -0.25) is 4.90 Å². The van der Waals surface area contributed by atoms with Crippen LogP contribution in [0.25, 0.3) is 11.0 Å². The number of esters is 1. The number of likely N-dealkylation sites (tertiary alicyclic amines) is 1. The third kappa shape index (κ3) is 4.62. The van der Waals surface area contributed by atoms with E-state index in [0.717, 1.165) is 54.7 Å². The Bertz CT molecular complexity index is 1200. The summed E-state index contributed by atoms with van der Waals surface area (Å²) in [6.45, 7) is 13.0. The van der Waals surface area contributed by atoms with Gasteiger partial charge in [0, 0.05) is 36.9 Å². The van der Waals surface area contributed by atoms with Gasteiger partial charge in [-0.05, 0) is 76.7 Å². The fourth-order valence-electron chi connectivity index (χ4n) is 4.88. The van der Waals surface area contributed by atoms with Gasteiger partial charge in [-0.25, -0.2) is 9.78 Å². The molecule has 8 heteroatoms. The number of piperidine rings is 1. The highest BCUT2D eigenvalue weighted by Gasteiger charge is 2.52. The molecule has 2 saturated heterocycles. The highest BCUT2D eigenvalue weighted by atomic mass is 16.7. The van der Waals surface area contributed by atoms with Crippen molar-refractivity contribution in [2.24, 2.45) is 0 Å². The highest BCUT2D eigenvalue weighted by Crippen LogP contribution is 2.37. The molecule has 4 heterocycles. The van der Waals surface area contributed by atoms with Crippen molar-refractivity contribution in [1.82, 2.24) is 14.9 Å². The van der Waals surface area contributed by atoms with Gasteiger partial charge < -0.3 is 19.0 Å². The molecular weight excluding hydrogens is 441 g/mol. The standard InChI is InChI=1S/C27H34BN3O4/c1-18-22(17-31-15-12-20(13-16-31)33-25(32)19-9-7-6-8-10-19)30-24-23(18)21(11-14-29-24)28-34-26(2,3)27(4,5)35-28/h6-11,14,20H,12-13,15-17H2,1-5H3,(H,29,30). The number of hydrogen-bond acceptors (Lipinski definition) is 6. The fourth-order valence-corrected chi connectivity index (χ4v) is 4.88. The van der Waals surface area contributed by atoms with E-state index in [2.05, 4.69) is 49.5 Å². The van der Waals surface area contributed by atoms with Gasteiger partial charge in [-0.2, -0.15) is 0 Å². The molecule has 1 N–H and O–H groups in total. The minimum absolute atomic E-state index is 0.0422. The van der Waals surface area contributed by atoms with E-state index in [0.29, 0.717) is 5.56 Å². The molecule has 7 nitrogen and oxygen atoms in total. The molecule has 0 unspecified atom stereocenters. The number of aromatic amines is 1. The second kappa shape index (κ2) is 9.08. The summed E-state index contributed by atoms with van der Waals surface area (Å²) in [6, 6.07) is 11.2. The van der Waals surface area contributed by atoms with Crippen molar-refractivity contribution in [1.29, 1.82) is 0 Å². The molecule has 2 aliphatic heterocycles. The van der Waals surface area contributed by atoms with Crippen molar-refractivity contribution in [3.63, 3.8) is 0 Å². The summed E-state index contributed by atoms with van der Waals surface area (Å²) in [4.78, 5) is 22.9. The second-order valence-electron chi connectivity index (χ2n) is 10.7. The van der Waals surface area contributed by atoms with Crippen LogP contribution >= 0.6 is 0 Å². The lowest BCUT2D eigenvalue weighted by Gasteiger charge is -2.32. The van der Waals surface area contributed by atoms with Crippen LogP contribution in [0.2, 0.25) is 0 Å². The Morgan fingerprint density at radius 2 is 1.77 bits per heavy atom. The maximum absolute atomic E-state index is 12.4. The number of aryl methyl sites for hydroxylation is 1. The van der Waals surface area contributed by atoms with Gasteiger partial charge in [0.1, 0.15) is 11.8 Å². The Balaban J connectivity index is 1.26. The number of hydrogen-bond donors (Lipinski definition) is 1. The molecule has 0 saturated carbocycles. The Morgan fingerprint density at radius 3 is 2.43 bits per heavy atom. The first kappa shape index (κ1) is 24.0. The average molecular weight is 475 g/mol. The highest BCUT2D eigenvalue weighted by molar-refractivity contribution is 6.65. The zero-order valence-corrected chi connectivity index (χ0v) is 21.3. The molecule has 2 aromatic heterocycles. The zero-order valence-electron chi connectivity index (χ0n) is 21.3. The first-order chi connectivity index (χ1) is 16.6. The van der Waals surface area contributed by atoms with Crippen molar-refractivity contribution in [2.75, 3.05) is 13.1 Å². The Kier molecular flexibility index (Phi) is 6.24. The molecule has 0 radical (unpaired) electrons. The lowest BCUT2D eigenvalue weighted by Crippen LogP contribution is -2.41. The van der Waals surface area contributed by atoms with Gasteiger partial charge in [0.25, 0.3) is 0 Å². The van der Waals surface area contributed by atoms with E-state index in [9.17, 15) is 4.79 Å². The largest absolute Gasteiger partial charge is 0.495 e. The molecule has 0 aliphatic carbocycles. The van der Waals surface area contributed by atoms with Gasteiger partial charge in [-0.1, -0.05) is 18.2 Å². The molecular formula is C27H34BN3O4. The normalized spacial score (nSPS) is 20.4. The topological polar surface area (TPSA) is 76.7 Å². The number of ether oxygens (including phenoxy) is 1. The average Bonchev–Trinajstić information content (AvgIpc) is 3.26. The van der Waals surface area contributed by atoms with Crippen LogP contribution in [0.4, 0.5) is 0 Å². The number of benzene rings is 1. The summed E-state index contributed by atoms with van der Waals surface area (Å²) in [5.41, 5.74) is 4.01. The fraction of sp³-hybridized carbons (Fsp3) is 0.481. The third-order valence-corrected chi connectivity index (χ3v) is 7.79. The Hall–Kier alpha value is -2.68. The monoisotopic (exact) mass is 475 g/mol. The van der Waals surface area contributed by atoms with Crippen molar-refractivity contribution < 1.29 is 18.8 Å². The number of nitrogens with one attached hydrogen (secondary N) is 1. The van der Waals surface area contributed by atoms with Gasteiger partial charge in [0.15, 0.2) is 0 Å². The number of carbonyl (C=O) groups is 1. The first-order valence-electron chi connectivity index (χ1n) is 12.4. The van der Waals surface area contributed by atoms with Crippen LogP contribution in [-0.4, -0.2) is 58.4 Å². The van der Waals surface area contributed by atoms with Crippen molar-refractivity contribution in [3.8, 4) is 0 Å². The molecule has 184 valence electrons.